The normalized spacial score (nSPS) is 14.4. The Kier molecular flexibility index (Phi) is 7.89. The third kappa shape index (κ3) is 6.09. The van der Waals surface area contributed by atoms with Crippen LogP contribution in [0.2, 0.25) is 0 Å². The molecule has 0 aliphatic carbocycles. The number of aryl methyl sites for hydroxylation is 2. The van der Waals surface area contributed by atoms with Crippen molar-refractivity contribution in [2.75, 3.05) is 19.7 Å². The summed E-state index contributed by atoms with van der Waals surface area (Å²) in [6.45, 7) is 5.77. The molecule has 2 amide bonds. The van der Waals surface area contributed by atoms with Crippen molar-refractivity contribution < 1.29 is 14.3 Å². The molecule has 1 atom stereocenters. The average molecular weight is 409 g/mol. The number of hydrogen-bond donors (Lipinski definition) is 1. The molecule has 1 fully saturated rings. The number of hydrogen-bond acceptors (Lipinski definition) is 3. The predicted molar refractivity (Wildman–Crippen MR) is 118 cm³/mol. The van der Waals surface area contributed by atoms with Gasteiger partial charge in [0.2, 0.25) is 5.91 Å². The second-order valence-electron chi connectivity index (χ2n) is 7.93. The maximum Gasteiger partial charge on any atom is 0.260 e. The van der Waals surface area contributed by atoms with Crippen LogP contribution in [0.3, 0.4) is 0 Å². The number of rotatable bonds is 9. The minimum atomic E-state index is -0.145. The molecule has 30 heavy (non-hydrogen) atoms. The van der Waals surface area contributed by atoms with E-state index in [1.807, 2.05) is 42.2 Å². The monoisotopic (exact) mass is 408 g/mol. The Morgan fingerprint density at radius 3 is 2.60 bits per heavy atom. The number of para-hydroxylation sites is 1. The number of likely N-dealkylation sites (tertiary alicyclic amines) is 1. The van der Waals surface area contributed by atoms with Crippen molar-refractivity contribution in [3.63, 3.8) is 0 Å². The molecule has 0 bridgehead atoms. The Balaban J connectivity index is 1.58. The van der Waals surface area contributed by atoms with Gasteiger partial charge in [-0.25, -0.2) is 0 Å². The summed E-state index contributed by atoms with van der Waals surface area (Å²) in [4.78, 5) is 26.8. The third-order valence-electron chi connectivity index (χ3n) is 5.57. The lowest BCUT2D eigenvalue weighted by atomic mass is 10.0. The number of ether oxygens (including phenoxy) is 1. The van der Waals surface area contributed by atoms with Crippen molar-refractivity contribution in [1.82, 2.24) is 10.2 Å². The van der Waals surface area contributed by atoms with Gasteiger partial charge in [0, 0.05) is 25.1 Å². The second-order valence-corrected chi connectivity index (χ2v) is 7.93. The molecule has 3 rings (SSSR count). The fourth-order valence-corrected chi connectivity index (χ4v) is 3.89. The van der Waals surface area contributed by atoms with E-state index >= 15 is 0 Å². The van der Waals surface area contributed by atoms with Crippen molar-refractivity contribution in [3.8, 4) is 5.75 Å². The standard InChI is InChI=1S/C25H32N2O3/c1-3-22(26-24(28)14-13-20-10-8-9-19(2)17-20)21-11-4-5-12-23(21)30-18-25(29)27-15-6-7-16-27/h4-5,8-12,17,22H,3,6-7,13-16,18H2,1-2H3,(H,26,28). The topological polar surface area (TPSA) is 58.6 Å². The van der Waals surface area contributed by atoms with Crippen LogP contribution in [0.1, 0.15) is 55.3 Å². The van der Waals surface area contributed by atoms with Crippen LogP contribution >= 0.6 is 0 Å². The van der Waals surface area contributed by atoms with Gasteiger partial charge >= 0.3 is 0 Å². The molecule has 0 saturated carbocycles. The molecule has 0 radical (unpaired) electrons. The van der Waals surface area contributed by atoms with E-state index in [1.54, 1.807) is 0 Å². The van der Waals surface area contributed by atoms with Crippen LogP contribution in [-0.4, -0.2) is 36.4 Å². The predicted octanol–water partition coefficient (Wildman–Crippen LogP) is 4.20. The van der Waals surface area contributed by atoms with Crippen LogP contribution in [0.5, 0.6) is 5.75 Å². The van der Waals surface area contributed by atoms with Gasteiger partial charge < -0.3 is 15.0 Å². The molecule has 2 aromatic rings. The fraction of sp³-hybridized carbons (Fsp3) is 0.440. The van der Waals surface area contributed by atoms with Crippen LogP contribution in [0.15, 0.2) is 48.5 Å². The highest BCUT2D eigenvalue weighted by molar-refractivity contribution is 5.78. The Labute approximate surface area is 179 Å². The summed E-state index contributed by atoms with van der Waals surface area (Å²) in [5.74, 6) is 0.708. The van der Waals surface area contributed by atoms with Crippen molar-refractivity contribution >= 4 is 11.8 Å². The van der Waals surface area contributed by atoms with Crippen LogP contribution < -0.4 is 10.1 Å². The van der Waals surface area contributed by atoms with Gasteiger partial charge in [0.1, 0.15) is 5.75 Å². The van der Waals surface area contributed by atoms with Crippen molar-refractivity contribution in [2.45, 2.75) is 52.0 Å². The van der Waals surface area contributed by atoms with Crippen molar-refractivity contribution in [2.24, 2.45) is 0 Å². The summed E-state index contributed by atoms with van der Waals surface area (Å²) in [6, 6.07) is 15.8. The molecule has 1 unspecified atom stereocenters. The summed E-state index contributed by atoms with van der Waals surface area (Å²) >= 11 is 0. The molecule has 1 N–H and O–H groups in total. The maximum atomic E-state index is 12.6. The molecule has 1 heterocycles. The Bertz CT molecular complexity index is 859. The van der Waals surface area contributed by atoms with Gasteiger partial charge in [-0.3, -0.25) is 9.59 Å². The third-order valence-corrected chi connectivity index (χ3v) is 5.57. The summed E-state index contributed by atoms with van der Waals surface area (Å²) in [6.07, 6.45) is 4.03. The highest BCUT2D eigenvalue weighted by Gasteiger charge is 2.20. The van der Waals surface area contributed by atoms with Crippen molar-refractivity contribution in [3.05, 3.63) is 65.2 Å². The molecule has 1 aliphatic rings. The first-order valence-electron chi connectivity index (χ1n) is 10.9. The molecular formula is C25H32N2O3. The van der Waals surface area contributed by atoms with E-state index in [1.165, 1.54) is 11.1 Å². The van der Waals surface area contributed by atoms with E-state index in [9.17, 15) is 9.59 Å². The number of carbonyl (C=O) groups excluding carboxylic acids is 2. The lowest BCUT2D eigenvalue weighted by Crippen LogP contribution is -2.32. The number of carbonyl (C=O) groups is 2. The zero-order valence-electron chi connectivity index (χ0n) is 18.0. The zero-order valence-corrected chi connectivity index (χ0v) is 18.0. The second kappa shape index (κ2) is 10.8. The minimum Gasteiger partial charge on any atom is -0.483 e. The van der Waals surface area contributed by atoms with E-state index < -0.39 is 0 Å². The molecule has 0 spiro atoms. The van der Waals surface area contributed by atoms with Crippen LogP contribution in [0, 0.1) is 6.92 Å². The Morgan fingerprint density at radius 1 is 1.10 bits per heavy atom. The van der Waals surface area contributed by atoms with Gasteiger partial charge in [0.25, 0.3) is 5.91 Å². The number of nitrogens with one attached hydrogen (secondary N) is 1. The van der Waals surface area contributed by atoms with Crippen LogP contribution in [0.25, 0.3) is 0 Å². The van der Waals surface area contributed by atoms with Gasteiger partial charge in [-0.05, 0) is 44.2 Å². The van der Waals surface area contributed by atoms with Crippen molar-refractivity contribution in [1.29, 1.82) is 0 Å². The van der Waals surface area contributed by atoms with E-state index in [-0.39, 0.29) is 24.5 Å². The maximum absolute atomic E-state index is 12.6. The Morgan fingerprint density at radius 2 is 1.87 bits per heavy atom. The molecular weight excluding hydrogens is 376 g/mol. The number of benzene rings is 2. The minimum absolute atomic E-state index is 0.0197. The molecule has 1 saturated heterocycles. The summed E-state index contributed by atoms with van der Waals surface area (Å²) in [5, 5.41) is 3.14. The van der Waals surface area contributed by atoms with E-state index in [2.05, 4.69) is 30.4 Å². The van der Waals surface area contributed by atoms with Crippen LogP contribution in [-0.2, 0) is 16.0 Å². The first kappa shape index (κ1) is 21.9. The van der Waals surface area contributed by atoms with E-state index in [0.717, 1.165) is 37.9 Å². The molecule has 0 aromatic heterocycles. The molecule has 160 valence electrons. The molecule has 5 heteroatoms. The first-order valence-corrected chi connectivity index (χ1v) is 10.9. The highest BCUT2D eigenvalue weighted by atomic mass is 16.5. The number of nitrogens with zero attached hydrogens (tertiary/aromatic N) is 1. The molecule has 2 aromatic carbocycles. The number of amides is 2. The Hall–Kier alpha value is -2.82. The van der Waals surface area contributed by atoms with Gasteiger partial charge in [0.05, 0.1) is 6.04 Å². The van der Waals surface area contributed by atoms with E-state index in [0.29, 0.717) is 18.6 Å². The quantitative estimate of drug-likeness (QED) is 0.677. The van der Waals surface area contributed by atoms with E-state index in [4.69, 9.17) is 4.74 Å². The fourth-order valence-electron chi connectivity index (χ4n) is 3.89. The zero-order chi connectivity index (χ0) is 21.3. The molecule has 5 nitrogen and oxygen atoms in total. The first-order chi connectivity index (χ1) is 14.6. The van der Waals surface area contributed by atoms with Gasteiger partial charge in [-0.1, -0.05) is 55.0 Å². The van der Waals surface area contributed by atoms with Gasteiger partial charge in [0.15, 0.2) is 6.61 Å². The van der Waals surface area contributed by atoms with Gasteiger partial charge in [-0.2, -0.15) is 0 Å². The smallest absolute Gasteiger partial charge is 0.260 e. The summed E-state index contributed by atoms with van der Waals surface area (Å²) in [7, 11) is 0. The lowest BCUT2D eigenvalue weighted by Gasteiger charge is -2.22. The highest BCUT2D eigenvalue weighted by Crippen LogP contribution is 2.27. The SMILES string of the molecule is CCC(NC(=O)CCc1cccc(C)c1)c1ccccc1OCC(=O)N1CCCC1. The van der Waals surface area contributed by atoms with Gasteiger partial charge in [-0.15, -0.1) is 0 Å². The largest absolute Gasteiger partial charge is 0.483 e. The van der Waals surface area contributed by atoms with Crippen LogP contribution in [0.4, 0.5) is 0 Å². The lowest BCUT2D eigenvalue weighted by molar-refractivity contribution is -0.132. The average Bonchev–Trinajstić information content (AvgIpc) is 3.30. The summed E-state index contributed by atoms with van der Waals surface area (Å²) < 4.78 is 5.88. The molecule has 1 aliphatic heterocycles. The summed E-state index contributed by atoms with van der Waals surface area (Å²) in [5.41, 5.74) is 3.29.